The van der Waals surface area contributed by atoms with E-state index in [1.807, 2.05) is 43.0 Å². The van der Waals surface area contributed by atoms with Crippen LogP contribution in [0.5, 0.6) is 0 Å². The maximum atomic E-state index is 4.39. The molecule has 0 aliphatic carbocycles. The van der Waals surface area contributed by atoms with Crippen LogP contribution in [0.1, 0.15) is 5.69 Å². The van der Waals surface area contributed by atoms with Gasteiger partial charge in [-0.25, -0.2) is 9.67 Å². The second-order valence-electron chi connectivity index (χ2n) is 3.69. The summed E-state index contributed by atoms with van der Waals surface area (Å²) in [7, 11) is 0. The van der Waals surface area contributed by atoms with Gasteiger partial charge in [0.1, 0.15) is 0 Å². The van der Waals surface area contributed by atoms with Gasteiger partial charge in [0.05, 0.1) is 11.9 Å². The van der Waals surface area contributed by atoms with Crippen LogP contribution in [0.25, 0.3) is 16.3 Å². The summed E-state index contributed by atoms with van der Waals surface area (Å²) >= 11 is 1.58. The largest absolute Gasteiger partial charge is 0.264 e. The predicted molar refractivity (Wildman–Crippen MR) is 67.2 cm³/mol. The third kappa shape index (κ3) is 1.97. The van der Waals surface area contributed by atoms with Crippen LogP contribution in [-0.4, -0.2) is 19.7 Å². The van der Waals surface area contributed by atoms with E-state index in [2.05, 4.69) is 15.1 Å². The molecular formula is C12H10N4S. The molecule has 0 N–H and O–H groups in total. The molecule has 3 aromatic heterocycles. The predicted octanol–water partition coefficient (Wildman–Crippen LogP) is 2.70. The molecule has 0 atom stereocenters. The molecule has 0 aromatic carbocycles. The number of aryl methyl sites for hydroxylation is 1. The van der Waals surface area contributed by atoms with Crippen LogP contribution in [0.15, 0.2) is 42.3 Å². The van der Waals surface area contributed by atoms with Gasteiger partial charge in [0, 0.05) is 35.1 Å². The molecule has 0 aliphatic heterocycles. The summed E-state index contributed by atoms with van der Waals surface area (Å²) in [5, 5.41) is 7.21. The van der Waals surface area contributed by atoms with E-state index in [-0.39, 0.29) is 0 Å². The molecule has 0 fully saturated rings. The maximum Gasteiger partial charge on any atom is 0.210 e. The fourth-order valence-electron chi connectivity index (χ4n) is 1.56. The van der Waals surface area contributed by atoms with Crippen LogP contribution in [0, 0.1) is 6.92 Å². The van der Waals surface area contributed by atoms with Crippen molar-refractivity contribution in [2.24, 2.45) is 0 Å². The number of pyridine rings is 1. The first-order valence-corrected chi connectivity index (χ1v) is 6.08. The monoisotopic (exact) mass is 242 g/mol. The van der Waals surface area contributed by atoms with Gasteiger partial charge in [-0.1, -0.05) is 6.07 Å². The number of aromatic nitrogens is 4. The van der Waals surface area contributed by atoms with Gasteiger partial charge < -0.3 is 0 Å². The number of rotatable bonds is 2. The zero-order chi connectivity index (χ0) is 11.7. The van der Waals surface area contributed by atoms with E-state index in [1.54, 1.807) is 22.2 Å². The number of hydrogen-bond donors (Lipinski definition) is 0. The van der Waals surface area contributed by atoms with Gasteiger partial charge in [0.2, 0.25) is 5.13 Å². The van der Waals surface area contributed by atoms with E-state index in [0.717, 1.165) is 22.0 Å². The minimum Gasteiger partial charge on any atom is -0.264 e. The summed E-state index contributed by atoms with van der Waals surface area (Å²) in [6, 6.07) is 3.93. The smallest absolute Gasteiger partial charge is 0.210 e. The molecular weight excluding hydrogens is 232 g/mol. The van der Waals surface area contributed by atoms with E-state index in [9.17, 15) is 0 Å². The van der Waals surface area contributed by atoms with Crippen molar-refractivity contribution in [2.45, 2.75) is 6.92 Å². The molecule has 0 amide bonds. The second-order valence-corrected chi connectivity index (χ2v) is 4.52. The van der Waals surface area contributed by atoms with Crippen LogP contribution in [0.4, 0.5) is 0 Å². The Morgan fingerprint density at radius 1 is 1.24 bits per heavy atom. The molecule has 0 radical (unpaired) electrons. The summed E-state index contributed by atoms with van der Waals surface area (Å²) in [5.41, 5.74) is 3.13. The van der Waals surface area contributed by atoms with E-state index < -0.39 is 0 Å². The van der Waals surface area contributed by atoms with Gasteiger partial charge >= 0.3 is 0 Å². The van der Waals surface area contributed by atoms with Crippen LogP contribution in [-0.2, 0) is 0 Å². The molecule has 17 heavy (non-hydrogen) atoms. The first-order valence-electron chi connectivity index (χ1n) is 5.20. The summed E-state index contributed by atoms with van der Waals surface area (Å²) in [6.45, 7) is 1.98. The van der Waals surface area contributed by atoms with E-state index in [1.165, 1.54) is 0 Å². The fraction of sp³-hybridized carbons (Fsp3) is 0.0833. The Morgan fingerprint density at radius 3 is 2.88 bits per heavy atom. The second kappa shape index (κ2) is 4.10. The average molecular weight is 242 g/mol. The van der Waals surface area contributed by atoms with Crippen molar-refractivity contribution >= 4 is 11.3 Å². The molecule has 0 unspecified atom stereocenters. The van der Waals surface area contributed by atoms with Gasteiger partial charge in [-0.2, -0.15) is 5.10 Å². The van der Waals surface area contributed by atoms with Crippen molar-refractivity contribution in [3.63, 3.8) is 0 Å². The lowest BCUT2D eigenvalue weighted by Gasteiger charge is -1.94. The van der Waals surface area contributed by atoms with Gasteiger partial charge in [0.25, 0.3) is 0 Å². The van der Waals surface area contributed by atoms with E-state index in [0.29, 0.717) is 0 Å². The van der Waals surface area contributed by atoms with Crippen LogP contribution >= 0.6 is 11.3 Å². The Labute approximate surface area is 103 Å². The van der Waals surface area contributed by atoms with Crippen molar-refractivity contribution in [3.8, 4) is 16.3 Å². The summed E-state index contributed by atoms with van der Waals surface area (Å²) in [6.07, 6.45) is 7.38. The topological polar surface area (TPSA) is 43.6 Å². The molecule has 3 aromatic rings. The van der Waals surface area contributed by atoms with Crippen molar-refractivity contribution in [3.05, 3.63) is 48.0 Å². The van der Waals surface area contributed by atoms with Crippen LogP contribution in [0.2, 0.25) is 0 Å². The number of thiazole rings is 1. The molecule has 3 rings (SSSR count). The minimum atomic E-state index is 0.887. The van der Waals surface area contributed by atoms with Crippen molar-refractivity contribution < 1.29 is 0 Å². The Hall–Kier alpha value is -2.01. The molecule has 84 valence electrons. The van der Waals surface area contributed by atoms with Gasteiger partial charge in [0.15, 0.2) is 0 Å². The third-order valence-electron chi connectivity index (χ3n) is 2.38. The Bertz CT molecular complexity index is 627. The lowest BCUT2D eigenvalue weighted by atomic mass is 10.2. The number of hydrogen-bond acceptors (Lipinski definition) is 4. The van der Waals surface area contributed by atoms with Crippen LogP contribution < -0.4 is 0 Å². The first-order chi connectivity index (χ1) is 8.33. The molecule has 3 heterocycles. The Balaban J connectivity index is 1.99. The summed E-state index contributed by atoms with van der Waals surface area (Å²) in [5.74, 6) is 0. The molecule has 0 aliphatic rings. The fourth-order valence-corrected chi connectivity index (χ4v) is 2.29. The summed E-state index contributed by atoms with van der Waals surface area (Å²) in [4.78, 5) is 8.49. The van der Waals surface area contributed by atoms with Gasteiger partial charge in [-0.05, 0) is 13.0 Å². The lowest BCUT2D eigenvalue weighted by molar-refractivity contribution is 0.865. The zero-order valence-electron chi connectivity index (χ0n) is 9.24. The highest BCUT2D eigenvalue weighted by atomic mass is 32.1. The first kappa shape index (κ1) is 10.2. The number of nitrogens with zero attached hydrogens (tertiary/aromatic N) is 4. The summed E-state index contributed by atoms with van der Waals surface area (Å²) < 4.78 is 1.79. The van der Waals surface area contributed by atoms with E-state index in [4.69, 9.17) is 0 Å². The van der Waals surface area contributed by atoms with Gasteiger partial charge in [-0.3, -0.25) is 4.98 Å². The minimum absolute atomic E-state index is 0.887. The normalized spacial score (nSPS) is 10.6. The van der Waals surface area contributed by atoms with Gasteiger partial charge in [-0.15, -0.1) is 11.3 Å². The van der Waals surface area contributed by atoms with Crippen molar-refractivity contribution in [1.29, 1.82) is 0 Å². The SMILES string of the molecule is Cc1csc(-n2cc(-c3cccnc3)cn2)n1. The quantitative estimate of drug-likeness (QED) is 0.694. The Kier molecular flexibility index (Phi) is 2.45. The van der Waals surface area contributed by atoms with Crippen molar-refractivity contribution in [2.75, 3.05) is 0 Å². The molecule has 0 spiro atoms. The van der Waals surface area contributed by atoms with Crippen molar-refractivity contribution in [1.82, 2.24) is 19.7 Å². The highest BCUT2D eigenvalue weighted by molar-refractivity contribution is 7.12. The third-order valence-corrected chi connectivity index (χ3v) is 3.33. The maximum absolute atomic E-state index is 4.39. The van der Waals surface area contributed by atoms with Crippen LogP contribution in [0.3, 0.4) is 0 Å². The van der Waals surface area contributed by atoms with E-state index >= 15 is 0 Å². The molecule has 0 saturated heterocycles. The highest BCUT2D eigenvalue weighted by Gasteiger charge is 2.05. The average Bonchev–Trinajstić information content (AvgIpc) is 2.98. The Morgan fingerprint density at radius 2 is 2.18 bits per heavy atom. The molecule has 5 heteroatoms. The molecule has 4 nitrogen and oxygen atoms in total. The molecule has 0 saturated carbocycles. The molecule has 0 bridgehead atoms. The lowest BCUT2D eigenvalue weighted by Crippen LogP contribution is -1.92. The zero-order valence-corrected chi connectivity index (χ0v) is 10.1. The highest BCUT2D eigenvalue weighted by Crippen LogP contribution is 2.20. The standard InChI is InChI=1S/C12H10N4S/c1-9-8-17-12(15-9)16-7-11(6-14-16)10-3-2-4-13-5-10/h2-8H,1H3.